The molecule has 0 radical (unpaired) electrons. The van der Waals surface area contributed by atoms with Crippen LogP contribution in [0.2, 0.25) is 15.1 Å². The van der Waals surface area contributed by atoms with Crippen molar-refractivity contribution in [3.63, 3.8) is 0 Å². The van der Waals surface area contributed by atoms with Gasteiger partial charge in [0.1, 0.15) is 5.82 Å². The summed E-state index contributed by atoms with van der Waals surface area (Å²) in [6, 6.07) is 11.7. The fourth-order valence-corrected chi connectivity index (χ4v) is 3.75. The molecular formula is C20H18Cl3N3. The number of hydrogen-bond donors (Lipinski definition) is 1. The molecule has 0 bridgehead atoms. The zero-order valence-corrected chi connectivity index (χ0v) is 16.6. The fourth-order valence-electron chi connectivity index (χ4n) is 3.28. The summed E-state index contributed by atoms with van der Waals surface area (Å²) in [5.41, 5.74) is 5.10. The number of rotatable bonds is 2. The number of nitrogens with one attached hydrogen (secondary N) is 1. The number of nitrogens with zero attached hydrogens (tertiary/aromatic N) is 2. The average Bonchev–Trinajstić information content (AvgIpc) is 2.81. The quantitative estimate of drug-likeness (QED) is 0.522. The lowest BCUT2D eigenvalue weighted by molar-refractivity contribution is 0.780. The molecule has 134 valence electrons. The number of aryl methyl sites for hydroxylation is 1. The largest absolute Gasteiger partial charge is 0.370 e. The van der Waals surface area contributed by atoms with Crippen LogP contribution in [0.4, 0.5) is 5.82 Å². The number of fused-ring (bicyclic) bond motifs is 1. The van der Waals surface area contributed by atoms with Crippen molar-refractivity contribution in [3.8, 4) is 16.9 Å². The van der Waals surface area contributed by atoms with Gasteiger partial charge in [-0.3, -0.25) is 0 Å². The number of benzene rings is 2. The molecule has 0 saturated heterocycles. The van der Waals surface area contributed by atoms with Gasteiger partial charge in [-0.15, -0.1) is 0 Å². The average molecular weight is 407 g/mol. The fraction of sp³-hybridized carbons (Fsp3) is 0.250. The first-order chi connectivity index (χ1) is 12.5. The summed E-state index contributed by atoms with van der Waals surface area (Å²) in [7, 11) is 0. The van der Waals surface area contributed by atoms with Crippen LogP contribution < -0.4 is 5.32 Å². The number of anilines is 1. The third kappa shape index (κ3) is 3.20. The predicted molar refractivity (Wildman–Crippen MR) is 110 cm³/mol. The highest BCUT2D eigenvalue weighted by atomic mass is 35.5. The Morgan fingerprint density at radius 3 is 2.58 bits per heavy atom. The van der Waals surface area contributed by atoms with Crippen molar-refractivity contribution in [2.45, 2.75) is 26.2 Å². The van der Waals surface area contributed by atoms with Crippen molar-refractivity contribution >= 4 is 40.6 Å². The van der Waals surface area contributed by atoms with E-state index in [2.05, 4.69) is 5.32 Å². The molecule has 3 nitrogen and oxygen atoms in total. The van der Waals surface area contributed by atoms with E-state index in [1.807, 2.05) is 48.0 Å². The topological polar surface area (TPSA) is 29.9 Å². The van der Waals surface area contributed by atoms with Gasteiger partial charge in [-0.05, 0) is 56.0 Å². The maximum absolute atomic E-state index is 6.35. The second-order valence-electron chi connectivity index (χ2n) is 6.53. The summed E-state index contributed by atoms with van der Waals surface area (Å²) >= 11 is 18.7. The molecule has 3 aromatic rings. The standard InChI is InChI=1S/C20H18Cl3N3/c1-12-5-7-14(11-17(12)22)26-20-15(4-2-3-9-24-20)19(25-26)13-6-8-16(21)18(23)10-13/h5-8,10-11,24H,2-4,9H2,1H3. The van der Waals surface area contributed by atoms with Crippen molar-refractivity contribution in [1.29, 1.82) is 0 Å². The first-order valence-corrected chi connectivity index (χ1v) is 9.75. The Morgan fingerprint density at radius 2 is 1.81 bits per heavy atom. The summed E-state index contributed by atoms with van der Waals surface area (Å²) in [5.74, 6) is 1.03. The third-order valence-electron chi connectivity index (χ3n) is 4.72. The van der Waals surface area contributed by atoms with E-state index < -0.39 is 0 Å². The molecule has 0 atom stereocenters. The summed E-state index contributed by atoms with van der Waals surface area (Å²) in [4.78, 5) is 0. The van der Waals surface area contributed by atoms with Gasteiger partial charge in [-0.25, -0.2) is 4.68 Å². The molecular weight excluding hydrogens is 389 g/mol. The van der Waals surface area contributed by atoms with Crippen LogP contribution in [0.25, 0.3) is 16.9 Å². The maximum Gasteiger partial charge on any atom is 0.133 e. The SMILES string of the molecule is Cc1ccc(-n2nc(-c3ccc(Cl)c(Cl)c3)c3c2NCCCC3)cc1Cl. The normalized spacial score (nSPS) is 13.8. The Hall–Kier alpha value is -1.68. The van der Waals surface area contributed by atoms with Crippen molar-refractivity contribution in [2.75, 3.05) is 11.9 Å². The Balaban J connectivity index is 1.91. The van der Waals surface area contributed by atoms with E-state index in [9.17, 15) is 0 Å². The lowest BCUT2D eigenvalue weighted by Crippen LogP contribution is -2.07. The molecule has 4 rings (SSSR count). The first-order valence-electron chi connectivity index (χ1n) is 8.62. The molecule has 0 fully saturated rings. The van der Waals surface area contributed by atoms with Crippen LogP contribution in [0.15, 0.2) is 36.4 Å². The van der Waals surface area contributed by atoms with E-state index in [0.29, 0.717) is 10.0 Å². The lowest BCUT2D eigenvalue weighted by Gasteiger charge is -2.10. The first kappa shape index (κ1) is 17.7. The molecule has 1 N–H and O–H groups in total. The van der Waals surface area contributed by atoms with Gasteiger partial charge in [-0.2, -0.15) is 5.10 Å². The summed E-state index contributed by atoms with van der Waals surface area (Å²) in [6.07, 6.45) is 3.22. The number of halogens is 3. The van der Waals surface area contributed by atoms with Gasteiger partial charge >= 0.3 is 0 Å². The minimum atomic E-state index is 0.535. The van der Waals surface area contributed by atoms with Crippen molar-refractivity contribution < 1.29 is 0 Å². The molecule has 0 amide bonds. The van der Waals surface area contributed by atoms with Crippen LogP contribution in [-0.2, 0) is 6.42 Å². The van der Waals surface area contributed by atoms with Gasteiger partial charge in [0.05, 0.1) is 21.4 Å². The van der Waals surface area contributed by atoms with Crippen molar-refractivity contribution in [2.24, 2.45) is 0 Å². The Morgan fingerprint density at radius 1 is 0.962 bits per heavy atom. The molecule has 0 aliphatic carbocycles. The maximum atomic E-state index is 6.35. The molecule has 0 spiro atoms. The van der Waals surface area contributed by atoms with Crippen LogP contribution in [0.5, 0.6) is 0 Å². The van der Waals surface area contributed by atoms with E-state index in [0.717, 1.165) is 59.2 Å². The van der Waals surface area contributed by atoms with Gasteiger partial charge in [0, 0.05) is 22.7 Å². The highest BCUT2D eigenvalue weighted by molar-refractivity contribution is 6.42. The molecule has 1 aliphatic rings. The van der Waals surface area contributed by atoms with Crippen molar-refractivity contribution in [3.05, 3.63) is 62.6 Å². The third-order valence-corrected chi connectivity index (χ3v) is 5.87. The monoisotopic (exact) mass is 405 g/mol. The Kier molecular flexibility index (Phi) is 4.87. The Bertz CT molecular complexity index is 903. The number of aromatic nitrogens is 2. The lowest BCUT2D eigenvalue weighted by atomic mass is 10.0. The van der Waals surface area contributed by atoms with Gasteiger partial charge in [0.25, 0.3) is 0 Å². The molecule has 26 heavy (non-hydrogen) atoms. The van der Waals surface area contributed by atoms with E-state index in [1.165, 1.54) is 5.56 Å². The van der Waals surface area contributed by atoms with Crippen LogP contribution in [-0.4, -0.2) is 16.3 Å². The summed E-state index contributed by atoms with van der Waals surface area (Å²) in [5, 5.41) is 10.3. The molecule has 2 heterocycles. The highest BCUT2D eigenvalue weighted by Crippen LogP contribution is 2.36. The predicted octanol–water partition coefficient (Wildman–Crippen LogP) is 6.56. The minimum absolute atomic E-state index is 0.535. The van der Waals surface area contributed by atoms with Crippen LogP contribution in [0, 0.1) is 6.92 Å². The zero-order valence-electron chi connectivity index (χ0n) is 14.3. The van der Waals surface area contributed by atoms with Crippen LogP contribution in [0.3, 0.4) is 0 Å². The molecule has 6 heteroatoms. The van der Waals surface area contributed by atoms with Crippen LogP contribution >= 0.6 is 34.8 Å². The minimum Gasteiger partial charge on any atom is -0.370 e. The second-order valence-corrected chi connectivity index (χ2v) is 7.76. The van der Waals surface area contributed by atoms with Gasteiger partial charge in [-0.1, -0.05) is 46.9 Å². The van der Waals surface area contributed by atoms with Gasteiger partial charge in [0.15, 0.2) is 0 Å². The van der Waals surface area contributed by atoms with E-state index in [4.69, 9.17) is 39.9 Å². The Labute approximate surface area is 167 Å². The van der Waals surface area contributed by atoms with E-state index >= 15 is 0 Å². The molecule has 0 saturated carbocycles. The van der Waals surface area contributed by atoms with Crippen molar-refractivity contribution in [1.82, 2.24) is 9.78 Å². The van der Waals surface area contributed by atoms with Crippen LogP contribution in [0.1, 0.15) is 24.0 Å². The molecule has 1 aliphatic heterocycles. The molecule has 1 aromatic heterocycles. The number of hydrogen-bond acceptors (Lipinski definition) is 2. The zero-order chi connectivity index (χ0) is 18.3. The summed E-state index contributed by atoms with van der Waals surface area (Å²) in [6.45, 7) is 2.92. The van der Waals surface area contributed by atoms with E-state index in [-0.39, 0.29) is 0 Å². The van der Waals surface area contributed by atoms with E-state index in [1.54, 1.807) is 0 Å². The smallest absolute Gasteiger partial charge is 0.133 e. The van der Waals surface area contributed by atoms with Gasteiger partial charge < -0.3 is 5.32 Å². The van der Waals surface area contributed by atoms with Gasteiger partial charge in [0.2, 0.25) is 0 Å². The molecule has 0 unspecified atom stereocenters. The second kappa shape index (κ2) is 7.15. The molecule has 2 aromatic carbocycles. The summed E-state index contributed by atoms with van der Waals surface area (Å²) < 4.78 is 1.95. The highest BCUT2D eigenvalue weighted by Gasteiger charge is 2.22.